The van der Waals surface area contributed by atoms with Gasteiger partial charge in [0.15, 0.2) is 0 Å². The molecule has 0 saturated heterocycles. The minimum absolute atomic E-state index is 0.0191. The fraction of sp³-hybridized carbons (Fsp3) is 0.300. The molecule has 0 spiro atoms. The van der Waals surface area contributed by atoms with Crippen LogP contribution in [0.3, 0.4) is 0 Å². The molecule has 0 radical (unpaired) electrons. The number of hydrogen-bond acceptors (Lipinski definition) is 7. The third-order valence-electron chi connectivity index (χ3n) is 2.36. The summed E-state index contributed by atoms with van der Waals surface area (Å²) in [5.41, 5.74) is 0. The fourth-order valence-electron chi connectivity index (χ4n) is 1.45. The molecule has 20 heavy (non-hydrogen) atoms. The summed E-state index contributed by atoms with van der Waals surface area (Å²) in [6.07, 6.45) is 0.667. The van der Waals surface area contributed by atoms with E-state index in [9.17, 15) is 13.2 Å². The van der Waals surface area contributed by atoms with Gasteiger partial charge in [0.1, 0.15) is 14.8 Å². The molecule has 0 saturated carbocycles. The maximum absolute atomic E-state index is 12.2. The number of sulfonamides is 1. The van der Waals surface area contributed by atoms with Gasteiger partial charge in [0.25, 0.3) is 10.0 Å². The standard InChI is InChI=1S/C10H11N3O4S3/c1-3-8-11-12-10(19-8)13-20(16,17)7-4-6(9(14)15)18-5(7)2/h4H,3H2,1-2H3,(H,12,13)(H,14,15). The van der Waals surface area contributed by atoms with Crippen molar-refractivity contribution in [3.05, 3.63) is 20.8 Å². The molecule has 108 valence electrons. The zero-order valence-electron chi connectivity index (χ0n) is 10.6. The maximum atomic E-state index is 12.2. The summed E-state index contributed by atoms with van der Waals surface area (Å²) in [4.78, 5) is 11.2. The topological polar surface area (TPSA) is 109 Å². The Morgan fingerprint density at radius 1 is 1.40 bits per heavy atom. The first-order chi connectivity index (χ1) is 9.33. The van der Waals surface area contributed by atoms with Gasteiger partial charge >= 0.3 is 5.97 Å². The second kappa shape index (κ2) is 5.46. The molecule has 0 aliphatic heterocycles. The van der Waals surface area contributed by atoms with Gasteiger partial charge in [-0.15, -0.1) is 21.5 Å². The zero-order chi connectivity index (χ0) is 14.9. The second-order valence-electron chi connectivity index (χ2n) is 3.80. The highest BCUT2D eigenvalue weighted by Gasteiger charge is 2.23. The Bertz CT molecular complexity index is 748. The molecule has 7 nitrogen and oxygen atoms in total. The number of anilines is 1. The van der Waals surface area contributed by atoms with Crippen LogP contribution in [-0.2, 0) is 16.4 Å². The van der Waals surface area contributed by atoms with Gasteiger partial charge in [-0.05, 0) is 19.4 Å². The lowest BCUT2D eigenvalue weighted by Crippen LogP contribution is -2.13. The van der Waals surface area contributed by atoms with E-state index < -0.39 is 16.0 Å². The summed E-state index contributed by atoms with van der Waals surface area (Å²) >= 11 is 2.07. The lowest BCUT2D eigenvalue weighted by atomic mass is 10.4. The van der Waals surface area contributed by atoms with Crippen LogP contribution in [0, 0.1) is 6.92 Å². The Morgan fingerprint density at radius 2 is 2.10 bits per heavy atom. The Morgan fingerprint density at radius 3 is 2.60 bits per heavy atom. The summed E-state index contributed by atoms with van der Waals surface area (Å²) in [7, 11) is -3.85. The van der Waals surface area contributed by atoms with Crippen LogP contribution >= 0.6 is 22.7 Å². The van der Waals surface area contributed by atoms with Crippen molar-refractivity contribution in [2.24, 2.45) is 0 Å². The first kappa shape index (κ1) is 14.9. The predicted molar refractivity (Wildman–Crippen MR) is 76.1 cm³/mol. The van der Waals surface area contributed by atoms with Crippen LogP contribution in [0.25, 0.3) is 0 Å². The van der Waals surface area contributed by atoms with Gasteiger partial charge < -0.3 is 5.11 Å². The largest absolute Gasteiger partial charge is 0.477 e. The third-order valence-corrected chi connectivity index (χ3v) is 6.11. The minimum atomic E-state index is -3.85. The van der Waals surface area contributed by atoms with E-state index in [1.165, 1.54) is 0 Å². The van der Waals surface area contributed by atoms with Gasteiger partial charge in [-0.25, -0.2) is 13.2 Å². The van der Waals surface area contributed by atoms with Gasteiger partial charge in [-0.2, -0.15) is 0 Å². The van der Waals surface area contributed by atoms with Crippen LogP contribution in [-0.4, -0.2) is 29.7 Å². The number of hydrogen-bond donors (Lipinski definition) is 2. The van der Waals surface area contributed by atoms with E-state index in [0.717, 1.165) is 33.7 Å². The molecule has 0 aliphatic carbocycles. The number of carbonyl (C=O) groups is 1. The van der Waals surface area contributed by atoms with Crippen molar-refractivity contribution in [2.75, 3.05) is 4.72 Å². The average Bonchev–Trinajstić information content (AvgIpc) is 2.95. The Balaban J connectivity index is 2.32. The highest BCUT2D eigenvalue weighted by Crippen LogP contribution is 2.28. The molecule has 2 heterocycles. The number of thiophene rings is 1. The first-order valence-electron chi connectivity index (χ1n) is 5.52. The molecule has 0 aromatic carbocycles. The number of aromatic nitrogens is 2. The number of nitrogens with zero attached hydrogens (tertiary/aromatic N) is 2. The summed E-state index contributed by atoms with van der Waals surface area (Å²) in [5.74, 6) is -1.15. The number of aromatic carboxylic acids is 1. The highest BCUT2D eigenvalue weighted by molar-refractivity contribution is 7.93. The van der Waals surface area contributed by atoms with Crippen LogP contribution in [0.15, 0.2) is 11.0 Å². The monoisotopic (exact) mass is 333 g/mol. The van der Waals surface area contributed by atoms with E-state index >= 15 is 0 Å². The van der Waals surface area contributed by atoms with Gasteiger partial charge in [-0.1, -0.05) is 18.3 Å². The van der Waals surface area contributed by atoms with Crippen LogP contribution < -0.4 is 4.72 Å². The molecule has 0 unspecified atom stereocenters. The van der Waals surface area contributed by atoms with Gasteiger partial charge in [0, 0.05) is 4.88 Å². The van der Waals surface area contributed by atoms with Crippen molar-refractivity contribution in [1.82, 2.24) is 10.2 Å². The summed E-state index contributed by atoms with van der Waals surface area (Å²) in [6, 6.07) is 1.15. The summed E-state index contributed by atoms with van der Waals surface area (Å²) in [6.45, 7) is 3.45. The van der Waals surface area contributed by atoms with Crippen molar-refractivity contribution >= 4 is 43.8 Å². The van der Waals surface area contributed by atoms with Crippen LogP contribution in [0.4, 0.5) is 5.13 Å². The Kier molecular flexibility index (Phi) is 4.06. The molecule has 0 fully saturated rings. The van der Waals surface area contributed by atoms with E-state index in [4.69, 9.17) is 5.11 Å². The average molecular weight is 333 g/mol. The van der Waals surface area contributed by atoms with Gasteiger partial charge in [0.05, 0.1) is 0 Å². The molecule has 0 bridgehead atoms. The number of nitrogens with one attached hydrogen (secondary N) is 1. The van der Waals surface area contributed by atoms with Gasteiger partial charge in [0.2, 0.25) is 5.13 Å². The second-order valence-corrected chi connectivity index (χ2v) is 7.77. The smallest absolute Gasteiger partial charge is 0.345 e. The van der Waals surface area contributed by atoms with E-state index in [2.05, 4.69) is 14.9 Å². The van der Waals surface area contributed by atoms with E-state index in [0.29, 0.717) is 11.3 Å². The Hall–Kier alpha value is -1.52. The van der Waals surface area contributed by atoms with E-state index in [1.807, 2.05) is 6.92 Å². The molecular weight excluding hydrogens is 322 g/mol. The van der Waals surface area contributed by atoms with Crippen molar-refractivity contribution < 1.29 is 18.3 Å². The van der Waals surface area contributed by atoms with Crippen molar-refractivity contribution in [1.29, 1.82) is 0 Å². The molecule has 0 aliphatic rings. The number of carboxylic acids is 1. The quantitative estimate of drug-likeness (QED) is 0.866. The third kappa shape index (κ3) is 2.97. The van der Waals surface area contributed by atoms with E-state index in [-0.39, 0.29) is 14.9 Å². The van der Waals surface area contributed by atoms with Crippen molar-refractivity contribution in [3.8, 4) is 0 Å². The molecule has 0 atom stereocenters. The highest BCUT2D eigenvalue weighted by atomic mass is 32.2. The maximum Gasteiger partial charge on any atom is 0.345 e. The normalized spacial score (nSPS) is 11.5. The number of rotatable bonds is 5. The Labute approximate surface area is 123 Å². The molecular formula is C10H11N3O4S3. The molecule has 2 aromatic rings. The van der Waals surface area contributed by atoms with E-state index in [1.54, 1.807) is 6.92 Å². The number of carboxylic acid groups (broad SMARTS) is 1. The fourth-order valence-corrected chi connectivity index (χ4v) is 4.79. The summed E-state index contributed by atoms with van der Waals surface area (Å²) < 4.78 is 26.7. The molecule has 2 N–H and O–H groups in total. The van der Waals surface area contributed by atoms with Crippen molar-refractivity contribution in [2.45, 2.75) is 25.2 Å². The van der Waals surface area contributed by atoms with Crippen LogP contribution in [0.5, 0.6) is 0 Å². The zero-order valence-corrected chi connectivity index (χ0v) is 13.0. The first-order valence-corrected chi connectivity index (χ1v) is 8.64. The predicted octanol–water partition coefficient (Wildman–Crippen LogP) is 1.97. The molecule has 10 heteroatoms. The van der Waals surface area contributed by atoms with Crippen LogP contribution in [0.2, 0.25) is 0 Å². The lowest BCUT2D eigenvalue weighted by Gasteiger charge is -2.02. The molecule has 2 aromatic heterocycles. The minimum Gasteiger partial charge on any atom is -0.477 e. The molecule has 2 rings (SSSR count). The summed E-state index contributed by atoms with van der Waals surface area (Å²) in [5, 5.41) is 17.3. The van der Waals surface area contributed by atoms with Crippen molar-refractivity contribution in [3.63, 3.8) is 0 Å². The number of aryl methyl sites for hydroxylation is 2. The SMILES string of the molecule is CCc1nnc(NS(=O)(=O)c2cc(C(=O)O)sc2C)s1. The molecule has 0 amide bonds. The van der Waals surface area contributed by atoms with Gasteiger partial charge in [-0.3, -0.25) is 4.72 Å². The van der Waals surface area contributed by atoms with Crippen LogP contribution in [0.1, 0.15) is 26.5 Å². The lowest BCUT2D eigenvalue weighted by molar-refractivity contribution is 0.0702.